The quantitative estimate of drug-likeness (QED) is 0.177. The molecule has 4 heteroatoms. The van der Waals surface area contributed by atoms with Gasteiger partial charge in [-0.2, -0.15) is 0 Å². The summed E-state index contributed by atoms with van der Waals surface area (Å²) < 4.78 is 2.51. The van der Waals surface area contributed by atoms with Crippen LogP contribution in [0.15, 0.2) is 164 Å². The van der Waals surface area contributed by atoms with Crippen molar-refractivity contribution in [2.75, 3.05) is 0 Å². The fourth-order valence-corrected chi connectivity index (χ4v) is 10.1. The summed E-state index contributed by atoms with van der Waals surface area (Å²) >= 11 is 1.81. The third kappa shape index (κ3) is 5.36. The smallest absolute Gasteiger partial charge is 0.164 e. The minimum absolute atomic E-state index is 0.0421. The molecular formula is C52H37N3S. The molecule has 0 atom stereocenters. The molecule has 56 heavy (non-hydrogen) atoms. The Bertz CT molecular complexity index is 3060. The van der Waals surface area contributed by atoms with Crippen LogP contribution in [0.3, 0.4) is 0 Å². The van der Waals surface area contributed by atoms with Gasteiger partial charge in [-0.05, 0) is 98.8 Å². The molecule has 0 radical (unpaired) electrons. The van der Waals surface area contributed by atoms with Gasteiger partial charge in [0.1, 0.15) is 0 Å². The van der Waals surface area contributed by atoms with Gasteiger partial charge in [-0.1, -0.05) is 147 Å². The van der Waals surface area contributed by atoms with Crippen molar-refractivity contribution in [1.82, 2.24) is 15.0 Å². The van der Waals surface area contributed by atoms with Gasteiger partial charge in [-0.15, -0.1) is 11.3 Å². The number of allylic oxidation sites excluding steroid dienone is 2. The number of hydrogen-bond acceptors (Lipinski definition) is 4. The molecule has 0 bridgehead atoms. The summed E-state index contributed by atoms with van der Waals surface area (Å²) in [6.07, 6.45) is 4.14. The second-order valence-electron chi connectivity index (χ2n) is 15.6. The van der Waals surface area contributed by atoms with Crippen molar-refractivity contribution in [2.24, 2.45) is 0 Å². The maximum Gasteiger partial charge on any atom is 0.164 e. The second kappa shape index (κ2) is 12.8. The first-order valence-corrected chi connectivity index (χ1v) is 20.2. The molecular weight excluding hydrogens is 699 g/mol. The Morgan fingerprint density at radius 1 is 0.482 bits per heavy atom. The molecule has 9 aromatic rings. The lowest BCUT2D eigenvalue weighted by atomic mass is 9.80. The highest BCUT2D eigenvalue weighted by Crippen LogP contribution is 2.51. The fraction of sp³-hybridized carbons (Fsp3) is 0.0962. The summed E-state index contributed by atoms with van der Waals surface area (Å²) in [6.45, 7) is 4.73. The number of nitrogens with zero attached hydrogens (tertiary/aromatic N) is 3. The monoisotopic (exact) mass is 735 g/mol. The van der Waals surface area contributed by atoms with E-state index in [4.69, 9.17) is 15.0 Å². The van der Waals surface area contributed by atoms with E-state index < -0.39 is 0 Å². The van der Waals surface area contributed by atoms with Crippen molar-refractivity contribution in [2.45, 2.75) is 32.1 Å². The van der Waals surface area contributed by atoms with Gasteiger partial charge in [-0.25, -0.2) is 15.0 Å². The van der Waals surface area contributed by atoms with Crippen molar-refractivity contribution in [3.63, 3.8) is 0 Å². The summed E-state index contributed by atoms with van der Waals surface area (Å²) in [4.78, 5) is 15.3. The molecule has 266 valence electrons. The van der Waals surface area contributed by atoms with Gasteiger partial charge in [0, 0.05) is 42.3 Å². The molecule has 2 aliphatic carbocycles. The molecule has 2 aliphatic rings. The molecule has 0 spiro atoms. The third-order valence-corrected chi connectivity index (χ3v) is 13.0. The van der Waals surface area contributed by atoms with Crippen molar-refractivity contribution in [3.05, 3.63) is 192 Å². The molecule has 3 nitrogen and oxygen atoms in total. The minimum Gasteiger partial charge on any atom is -0.208 e. The van der Waals surface area contributed by atoms with Crippen molar-refractivity contribution >= 4 is 37.1 Å². The Morgan fingerprint density at radius 3 is 1.98 bits per heavy atom. The average molecular weight is 736 g/mol. The number of aromatic nitrogens is 3. The van der Waals surface area contributed by atoms with E-state index in [0.717, 1.165) is 29.5 Å². The van der Waals surface area contributed by atoms with Crippen LogP contribution in [0, 0.1) is 0 Å². The lowest BCUT2D eigenvalue weighted by Gasteiger charge is -2.23. The van der Waals surface area contributed by atoms with Crippen LogP contribution < -0.4 is 0 Å². The highest BCUT2D eigenvalue weighted by molar-refractivity contribution is 7.25. The van der Waals surface area contributed by atoms with E-state index in [-0.39, 0.29) is 5.41 Å². The van der Waals surface area contributed by atoms with Crippen LogP contribution in [0.2, 0.25) is 0 Å². The Morgan fingerprint density at radius 2 is 1.14 bits per heavy atom. The molecule has 2 heterocycles. The minimum atomic E-state index is -0.0421. The van der Waals surface area contributed by atoms with Crippen LogP contribution in [0.25, 0.3) is 82.2 Å². The number of rotatable bonds is 5. The molecule has 0 saturated heterocycles. The maximum absolute atomic E-state index is 5.15. The van der Waals surface area contributed by atoms with E-state index in [1.807, 2.05) is 29.5 Å². The van der Waals surface area contributed by atoms with E-state index in [0.29, 0.717) is 17.5 Å². The molecule has 0 unspecified atom stereocenters. The highest BCUT2D eigenvalue weighted by atomic mass is 32.1. The van der Waals surface area contributed by atoms with Gasteiger partial charge in [0.05, 0.1) is 0 Å². The highest BCUT2D eigenvalue weighted by Gasteiger charge is 2.36. The molecule has 0 saturated carbocycles. The maximum atomic E-state index is 5.15. The zero-order chi connectivity index (χ0) is 37.4. The lowest BCUT2D eigenvalue weighted by Crippen LogP contribution is -2.15. The van der Waals surface area contributed by atoms with Gasteiger partial charge >= 0.3 is 0 Å². The van der Waals surface area contributed by atoms with Gasteiger partial charge in [0.25, 0.3) is 0 Å². The van der Waals surface area contributed by atoms with Crippen LogP contribution in [-0.4, -0.2) is 15.0 Å². The Balaban J connectivity index is 0.978. The topological polar surface area (TPSA) is 38.7 Å². The van der Waals surface area contributed by atoms with E-state index >= 15 is 0 Å². The van der Waals surface area contributed by atoms with Crippen LogP contribution in [-0.2, 0) is 18.3 Å². The van der Waals surface area contributed by atoms with E-state index in [1.165, 1.54) is 75.8 Å². The summed E-state index contributed by atoms with van der Waals surface area (Å²) in [5.74, 6) is 2.02. The first kappa shape index (κ1) is 32.9. The zero-order valence-electron chi connectivity index (χ0n) is 31.3. The first-order valence-electron chi connectivity index (χ1n) is 19.4. The summed E-state index contributed by atoms with van der Waals surface area (Å²) in [5, 5.41) is 2.54. The first-order chi connectivity index (χ1) is 27.5. The molecule has 11 rings (SSSR count). The molecule has 7 aromatic carbocycles. The van der Waals surface area contributed by atoms with Crippen molar-refractivity contribution in [1.29, 1.82) is 0 Å². The summed E-state index contributed by atoms with van der Waals surface area (Å²) in [5.41, 5.74) is 16.4. The Labute approximate surface area is 330 Å². The standard InChI is InChI=1S/C52H37N3S/c1-52(2)45-21-10-8-19-40(45)44-29-35-24-23-34(38-17-6-7-18-39(38)43(35)31-46(44)52)27-32-13-12-16-36(28-32)50-53-49(33-14-4-3-5-15-33)54-51(55-50)37-25-26-42-41-20-9-11-22-47(41)56-48(42)30-37/h3-23,25-26,28-31H,24,27H2,1-2H3. The van der Waals surface area contributed by atoms with Crippen molar-refractivity contribution < 1.29 is 0 Å². The van der Waals surface area contributed by atoms with Crippen LogP contribution >= 0.6 is 11.3 Å². The van der Waals surface area contributed by atoms with Crippen LogP contribution in [0.4, 0.5) is 0 Å². The normalized spacial score (nSPS) is 13.8. The molecule has 0 aliphatic heterocycles. The molecule has 0 fully saturated rings. The van der Waals surface area contributed by atoms with Crippen LogP contribution in [0.5, 0.6) is 0 Å². The Kier molecular flexibility index (Phi) is 7.52. The largest absolute Gasteiger partial charge is 0.208 e. The molecule has 0 amide bonds. The van der Waals surface area contributed by atoms with E-state index in [1.54, 1.807) is 0 Å². The number of thiophene rings is 1. The van der Waals surface area contributed by atoms with Gasteiger partial charge in [-0.3, -0.25) is 0 Å². The predicted octanol–water partition coefficient (Wildman–Crippen LogP) is 13.4. The summed E-state index contributed by atoms with van der Waals surface area (Å²) in [6, 6.07) is 57.0. The summed E-state index contributed by atoms with van der Waals surface area (Å²) in [7, 11) is 0. The molecule has 0 N–H and O–H groups in total. The number of hydrogen-bond donors (Lipinski definition) is 0. The fourth-order valence-electron chi connectivity index (χ4n) is 8.98. The van der Waals surface area contributed by atoms with Crippen molar-refractivity contribution in [3.8, 4) is 56.4 Å². The predicted molar refractivity (Wildman–Crippen MR) is 234 cm³/mol. The Hall–Kier alpha value is -6.49. The van der Waals surface area contributed by atoms with Gasteiger partial charge in [0.2, 0.25) is 0 Å². The number of benzene rings is 7. The second-order valence-corrected chi connectivity index (χ2v) is 16.6. The third-order valence-electron chi connectivity index (χ3n) is 11.8. The van der Waals surface area contributed by atoms with E-state index in [2.05, 4.69) is 159 Å². The average Bonchev–Trinajstić information content (AvgIpc) is 3.67. The van der Waals surface area contributed by atoms with E-state index in [9.17, 15) is 0 Å². The zero-order valence-corrected chi connectivity index (χ0v) is 32.1. The number of fused-ring (bicyclic) bond motifs is 9. The lowest BCUT2D eigenvalue weighted by molar-refractivity contribution is 0.660. The van der Waals surface area contributed by atoms with Gasteiger partial charge < -0.3 is 0 Å². The van der Waals surface area contributed by atoms with Crippen LogP contribution in [0.1, 0.15) is 41.7 Å². The SMILES string of the molecule is CC1(C)c2ccccc2-c2cc3c(cc21)-c1ccccc1C(Cc1cccc(-c2nc(-c4ccccc4)nc(-c4ccc5c(c4)sc4ccccc45)n2)c1)=CC3. The van der Waals surface area contributed by atoms with Gasteiger partial charge in [0.15, 0.2) is 17.5 Å². The molecule has 2 aromatic heterocycles.